The molecule has 0 fully saturated rings. The van der Waals surface area contributed by atoms with Crippen molar-refractivity contribution >= 4 is 5.78 Å². The molecular formula is C14H12FNO2. The minimum atomic E-state index is -0.384. The van der Waals surface area contributed by atoms with Crippen LogP contribution in [0.5, 0.6) is 5.88 Å². The molecule has 3 nitrogen and oxygen atoms in total. The van der Waals surface area contributed by atoms with E-state index in [4.69, 9.17) is 4.74 Å². The van der Waals surface area contributed by atoms with Gasteiger partial charge in [0.2, 0.25) is 5.88 Å². The summed E-state index contributed by atoms with van der Waals surface area (Å²) < 4.78 is 18.2. The first-order valence-corrected chi connectivity index (χ1v) is 5.42. The summed E-state index contributed by atoms with van der Waals surface area (Å²) in [5.74, 6) is -0.0221. The molecule has 0 saturated heterocycles. The highest BCUT2D eigenvalue weighted by Crippen LogP contribution is 2.25. The van der Waals surface area contributed by atoms with Gasteiger partial charge in [-0.1, -0.05) is 0 Å². The van der Waals surface area contributed by atoms with Crippen molar-refractivity contribution in [3.05, 3.63) is 47.9 Å². The normalized spacial score (nSPS) is 10.2. The fourth-order valence-electron chi connectivity index (χ4n) is 1.72. The Morgan fingerprint density at radius 1 is 1.28 bits per heavy atom. The lowest BCUT2D eigenvalue weighted by atomic mass is 9.98. The predicted molar refractivity (Wildman–Crippen MR) is 66.2 cm³/mol. The zero-order chi connectivity index (χ0) is 13.1. The maximum absolute atomic E-state index is 13.3. The van der Waals surface area contributed by atoms with Gasteiger partial charge in [-0.2, -0.15) is 0 Å². The van der Waals surface area contributed by atoms with Crippen molar-refractivity contribution in [1.29, 1.82) is 0 Å². The molecule has 18 heavy (non-hydrogen) atoms. The molecule has 0 atom stereocenters. The van der Waals surface area contributed by atoms with Crippen molar-refractivity contribution in [3.8, 4) is 17.0 Å². The van der Waals surface area contributed by atoms with Gasteiger partial charge in [0.1, 0.15) is 5.82 Å². The van der Waals surface area contributed by atoms with Gasteiger partial charge in [-0.25, -0.2) is 9.37 Å². The number of nitrogens with zero attached hydrogens (tertiary/aromatic N) is 1. The Bertz CT molecular complexity index is 579. The molecule has 1 heterocycles. The van der Waals surface area contributed by atoms with Gasteiger partial charge in [0, 0.05) is 23.4 Å². The van der Waals surface area contributed by atoms with Gasteiger partial charge in [-0.15, -0.1) is 0 Å². The molecule has 0 aliphatic rings. The van der Waals surface area contributed by atoms with Gasteiger partial charge in [-0.05, 0) is 36.8 Å². The Hall–Kier alpha value is -2.23. The van der Waals surface area contributed by atoms with Crippen LogP contribution in [0.25, 0.3) is 11.1 Å². The minimum absolute atomic E-state index is 0.110. The summed E-state index contributed by atoms with van der Waals surface area (Å²) in [5, 5.41) is 0. The van der Waals surface area contributed by atoms with E-state index in [0.717, 1.165) is 0 Å². The Balaban J connectivity index is 2.54. The second-order valence-electron chi connectivity index (χ2n) is 3.84. The standard InChI is InChI=1S/C14H12FNO2/c1-9(17)12-5-4-11(15)7-13(12)10-3-6-14(18-2)16-8-10/h3-8H,1-2H3. The third-order valence-electron chi connectivity index (χ3n) is 2.62. The predicted octanol–water partition coefficient (Wildman–Crippen LogP) is 3.10. The number of ether oxygens (including phenoxy) is 1. The third kappa shape index (κ3) is 2.37. The number of aromatic nitrogens is 1. The highest BCUT2D eigenvalue weighted by Gasteiger charge is 2.10. The summed E-state index contributed by atoms with van der Waals surface area (Å²) in [7, 11) is 1.52. The molecule has 0 spiro atoms. The van der Waals surface area contributed by atoms with Crippen LogP contribution in [0.3, 0.4) is 0 Å². The molecule has 1 aromatic carbocycles. The van der Waals surface area contributed by atoms with Gasteiger partial charge in [0.05, 0.1) is 7.11 Å². The Labute approximate surface area is 104 Å². The van der Waals surface area contributed by atoms with E-state index < -0.39 is 0 Å². The molecule has 2 aromatic rings. The topological polar surface area (TPSA) is 39.2 Å². The van der Waals surface area contributed by atoms with Gasteiger partial charge in [0.25, 0.3) is 0 Å². The van der Waals surface area contributed by atoms with Crippen LogP contribution < -0.4 is 4.74 Å². The second-order valence-corrected chi connectivity index (χ2v) is 3.84. The van der Waals surface area contributed by atoms with Gasteiger partial charge >= 0.3 is 0 Å². The zero-order valence-corrected chi connectivity index (χ0v) is 10.1. The molecule has 0 bridgehead atoms. The average molecular weight is 245 g/mol. The fraction of sp³-hybridized carbons (Fsp3) is 0.143. The quantitative estimate of drug-likeness (QED) is 0.780. The molecule has 0 aliphatic carbocycles. The summed E-state index contributed by atoms with van der Waals surface area (Å²) >= 11 is 0. The third-order valence-corrected chi connectivity index (χ3v) is 2.62. The molecule has 4 heteroatoms. The molecule has 0 N–H and O–H groups in total. The van der Waals surface area contributed by atoms with Crippen LogP contribution in [0.1, 0.15) is 17.3 Å². The number of rotatable bonds is 3. The van der Waals surface area contributed by atoms with Gasteiger partial charge in [0.15, 0.2) is 5.78 Å². The first kappa shape index (κ1) is 12.2. The number of halogens is 1. The SMILES string of the molecule is COc1ccc(-c2cc(F)ccc2C(C)=O)cn1. The summed E-state index contributed by atoms with van der Waals surface area (Å²) in [6.07, 6.45) is 1.56. The van der Waals surface area contributed by atoms with E-state index in [-0.39, 0.29) is 11.6 Å². The van der Waals surface area contributed by atoms with E-state index in [1.807, 2.05) is 0 Å². The number of carbonyl (C=O) groups is 1. The monoisotopic (exact) mass is 245 g/mol. The summed E-state index contributed by atoms with van der Waals surface area (Å²) in [4.78, 5) is 15.6. The van der Waals surface area contributed by atoms with E-state index in [1.54, 1.807) is 18.3 Å². The van der Waals surface area contributed by atoms with Crippen LogP contribution in [0.2, 0.25) is 0 Å². The molecule has 92 valence electrons. The van der Waals surface area contributed by atoms with E-state index in [9.17, 15) is 9.18 Å². The Morgan fingerprint density at radius 2 is 2.06 bits per heavy atom. The van der Waals surface area contributed by atoms with Crippen LogP contribution >= 0.6 is 0 Å². The highest BCUT2D eigenvalue weighted by molar-refractivity contribution is 6.00. The molecule has 1 aromatic heterocycles. The number of hydrogen-bond acceptors (Lipinski definition) is 3. The molecule has 0 saturated carbocycles. The number of hydrogen-bond donors (Lipinski definition) is 0. The minimum Gasteiger partial charge on any atom is -0.481 e. The molecular weight excluding hydrogens is 233 g/mol. The Kier molecular flexibility index (Phi) is 3.37. The van der Waals surface area contributed by atoms with Crippen molar-refractivity contribution in [2.75, 3.05) is 7.11 Å². The number of ketones is 1. The summed E-state index contributed by atoms with van der Waals surface area (Å²) in [5.41, 5.74) is 1.70. The molecule has 0 amide bonds. The van der Waals surface area contributed by atoms with Crippen molar-refractivity contribution in [2.24, 2.45) is 0 Å². The largest absolute Gasteiger partial charge is 0.481 e. The second kappa shape index (κ2) is 4.96. The van der Waals surface area contributed by atoms with E-state index in [2.05, 4.69) is 4.98 Å². The average Bonchev–Trinajstić information content (AvgIpc) is 2.38. The van der Waals surface area contributed by atoms with Crippen molar-refractivity contribution in [1.82, 2.24) is 4.98 Å². The van der Waals surface area contributed by atoms with E-state index in [0.29, 0.717) is 22.6 Å². The lowest BCUT2D eigenvalue weighted by Gasteiger charge is -2.07. The summed E-state index contributed by atoms with van der Waals surface area (Å²) in [6, 6.07) is 7.51. The number of carbonyl (C=O) groups excluding carboxylic acids is 1. The number of pyridine rings is 1. The fourth-order valence-corrected chi connectivity index (χ4v) is 1.72. The Morgan fingerprint density at radius 3 is 2.61 bits per heavy atom. The van der Waals surface area contributed by atoms with E-state index in [1.165, 1.54) is 32.2 Å². The van der Waals surface area contributed by atoms with Crippen LogP contribution in [0, 0.1) is 5.82 Å². The highest BCUT2D eigenvalue weighted by atomic mass is 19.1. The van der Waals surface area contributed by atoms with Crippen molar-refractivity contribution in [2.45, 2.75) is 6.92 Å². The molecule has 2 rings (SSSR count). The molecule has 0 aliphatic heterocycles. The van der Waals surface area contributed by atoms with Crippen LogP contribution in [-0.2, 0) is 0 Å². The van der Waals surface area contributed by atoms with E-state index >= 15 is 0 Å². The lowest BCUT2D eigenvalue weighted by Crippen LogP contribution is -1.97. The maximum atomic E-state index is 13.3. The molecule has 0 unspecified atom stereocenters. The van der Waals surface area contributed by atoms with Crippen LogP contribution in [-0.4, -0.2) is 17.9 Å². The van der Waals surface area contributed by atoms with Crippen LogP contribution in [0.4, 0.5) is 4.39 Å². The smallest absolute Gasteiger partial charge is 0.212 e. The van der Waals surface area contributed by atoms with Crippen molar-refractivity contribution < 1.29 is 13.9 Å². The lowest BCUT2D eigenvalue weighted by molar-refractivity contribution is 0.101. The first-order valence-electron chi connectivity index (χ1n) is 5.42. The van der Waals surface area contributed by atoms with Gasteiger partial charge in [-0.3, -0.25) is 4.79 Å². The first-order chi connectivity index (χ1) is 8.61. The number of benzene rings is 1. The number of Topliss-reactive ketones (excluding diaryl/α,β-unsaturated/α-hetero) is 1. The summed E-state index contributed by atoms with van der Waals surface area (Å²) in [6.45, 7) is 1.45. The maximum Gasteiger partial charge on any atom is 0.212 e. The van der Waals surface area contributed by atoms with Crippen molar-refractivity contribution in [3.63, 3.8) is 0 Å². The van der Waals surface area contributed by atoms with Crippen LogP contribution in [0.15, 0.2) is 36.5 Å². The zero-order valence-electron chi connectivity index (χ0n) is 10.1. The van der Waals surface area contributed by atoms with Gasteiger partial charge < -0.3 is 4.74 Å². The molecule has 0 radical (unpaired) electrons. The number of methoxy groups -OCH3 is 1.